The monoisotopic (exact) mass is 528 g/mol. The fraction of sp³-hybridized carbons (Fsp3) is 0.290. The SMILES string of the molecule is C=CCOc1ccc(/C=N\NC(=O)c2ccc(CN3CCN(c4ccccc4OC)CC3)cc2)cc1OCC. The van der Waals surface area contributed by atoms with E-state index in [2.05, 4.69) is 33.0 Å². The summed E-state index contributed by atoms with van der Waals surface area (Å²) in [6.07, 6.45) is 3.26. The molecule has 0 aliphatic carbocycles. The van der Waals surface area contributed by atoms with E-state index in [0.717, 1.165) is 49.7 Å². The number of piperazine rings is 1. The molecular formula is C31H36N4O4. The highest BCUT2D eigenvalue weighted by Crippen LogP contribution is 2.29. The summed E-state index contributed by atoms with van der Waals surface area (Å²) in [4.78, 5) is 17.4. The van der Waals surface area contributed by atoms with Crippen LogP contribution in [0.15, 0.2) is 84.5 Å². The van der Waals surface area contributed by atoms with E-state index >= 15 is 0 Å². The number of carbonyl (C=O) groups is 1. The second-order valence-corrected chi connectivity index (χ2v) is 9.07. The van der Waals surface area contributed by atoms with Crippen molar-refractivity contribution in [2.45, 2.75) is 13.5 Å². The van der Waals surface area contributed by atoms with Gasteiger partial charge in [0.1, 0.15) is 12.4 Å². The number of anilines is 1. The molecule has 1 amide bonds. The molecule has 1 heterocycles. The van der Waals surface area contributed by atoms with Gasteiger partial charge >= 0.3 is 0 Å². The van der Waals surface area contributed by atoms with Crippen LogP contribution >= 0.6 is 0 Å². The van der Waals surface area contributed by atoms with Crippen LogP contribution in [0.1, 0.15) is 28.4 Å². The fourth-order valence-electron chi connectivity index (χ4n) is 4.43. The van der Waals surface area contributed by atoms with Gasteiger partial charge in [-0.15, -0.1) is 0 Å². The van der Waals surface area contributed by atoms with Crippen molar-refractivity contribution in [3.8, 4) is 17.2 Å². The fourth-order valence-corrected chi connectivity index (χ4v) is 4.43. The number of carbonyl (C=O) groups excluding carboxylic acids is 1. The first-order chi connectivity index (χ1) is 19.1. The molecule has 8 heteroatoms. The number of amides is 1. The molecule has 39 heavy (non-hydrogen) atoms. The van der Waals surface area contributed by atoms with Crippen molar-refractivity contribution in [3.05, 3.63) is 96.1 Å². The maximum atomic E-state index is 12.6. The molecule has 8 nitrogen and oxygen atoms in total. The lowest BCUT2D eigenvalue weighted by molar-refractivity contribution is 0.0955. The number of methoxy groups -OCH3 is 1. The van der Waals surface area contributed by atoms with Crippen molar-refractivity contribution >= 4 is 17.8 Å². The highest BCUT2D eigenvalue weighted by molar-refractivity contribution is 5.95. The van der Waals surface area contributed by atoms with Gasteiger partial charge in [0.2, 0.25) is 0 Å². The van der Waals surface area contributed by atoms with Crippen LogP contribution in [0.3, 0.4) is 0 Å². The quantitative estimate of drug-likeness (QED) is 0.208. The van der Waals surface area contributed by atoms with Gasteiger partial charge in [0, 0.05) is 38.3 Å². The van der Waals surface area contributed by atoms with Crippen molar-refractivity contribution in [3.63, 3.8) is 0 Å². The van der Waals surface area contributed by atoms with Gasteiger partial charge in [-0.25, -0.2) is 5.43 Å². The van der Waals surface area contributed by atoms with Gasteiger partial charge in [0.05, 0.1) is 25.6 Å². The number of hydrazone groups is 1. The normalized spacial score (nSPS) is 13.7. The molecular weight excluding hydrogens is 492 g/mol. The first kappa shape index (κ1) is 27.7. The van der Waals surface area contributed by atoms with Crippen molar-refractivity contribution in [1.29, 1.82) is 0 Å². The zero-order valence-corrected chi connectivity index (χ0v) is 22.6. The molecule has 204 valence electrons. The van der Waals surface area contributed by atoms with Gasteiger partial charge in [-0.05, 0) is 60.5 Å². The Bertz CT molecular complexity index is 1270. The van der Waals surface area contributed by atoms with Crippen molar-refractivity contribution in [2.24, 2.45) is 5.10 Å². The summed E-state index contributed by atoms with van der Waals surface area (Å²) in [5, 5.41) is 4.11. The molecule has 0 atom stereocenters. The summed E-state index contributed by atoms with van der Waals surface area (Å²) < 4.78 is 16.8. The minimum Gasteiger partial charge on any atom is -0.495 e. The predicted octanol–water partition coefficient (Wildman–Crippen LogP) is 4.74. The van der Waals surface area contributed by atoms with Crippen LogP contribution in [-0.4, -0.2) is 63.5 Å². The Morgan fingerprint density at radius 2 is 1.74 bits per heavy atom. The number of nitrogens with one attached hydrogen (secondary N) is 1. The topological polar surface area (TPSA) is 75.6 Å². The number of rotatable bonds is 12. The van der Waals surface area contributed by atoms with E-state index in [-0.39, 0.29) is 5.91 Å². The number of ether oxygens (including phenoxy) is 3. The highest BCUT2D eigenvalue weighted by Gasteiger charge is 2.19. The number of para-hydroxylation sites is 2. The van der Waals surface area contributed by atoms with E-state index in [1.165, 1.54) is 5.56 Å². The van der Waals surface area contributed by atoms with Crippen LogP contribution in [0, 0.1) is 0 Å². The van der Waals surface area contributed by atoms with Crippen molar-refractivity contribution < 1.29 is 19.0 Å². The van der Waals surface area contributed by atoms with Crippen LogP contribution in [-0.2, 0) is 6.54 Å². The number of benzene rings is 3. The maximum absolute atomic E-state index is 12.6. The molecule has 0 unspecified atom stereocenters. The molecule has 1 fully saturated rings. The summed E-state index contributed by atoms with van der Waals surface area (Å²) in [5.41, 5.74) is 6.25. The Morgan fingerprint density at radius 1 is 0.974 bits per heavy atom. The molecule has 3 aromatic rings. The second kappa shape index (κ2) is 14.0. The largest absolute Gasteiger partial charge is 0.495 e. The van der Waals surface area contributed by atoms with Crippen molar-refractivity contribution in [2.75, 3.05) is 51.4 Å². The first-order valence-electron chi connectivity index (χ1n) is 13.1. The lowest BCUT2D eigenvalue weighted by Crippen LogP contribution is -2.46. The van der Waals surface area contributed by atoms with E-state index in [1.807, 2.05) is 67.6 Å². The van der Waals surface area contributed by atoms with E-state index in [4.69, 9.17) is 14.2 Å². The Labute approximate surface area is 230 Å². The van der Waals surface area contributed by atoms with E-state index < -0.39 is 0 Å². The lowest BCUT2D eigenvalue weighted by atomic mass is 10.1. The van der Waals surface area contributed by atoms with E-state index in [1.54, 1.807) is 19.4 Å². The Hall–Kier alpha value is -4.30. The zero-order chi connectivity index (χ0) is 27.5. The first-order valence-corrected chi connectivity index (χ1v) is 13.1. The predicted molar refractivity (Wildman–Crippen MR) is 155 cm³/mol. The van der Waals surface area contributed by atoms with E-state index in [9.17, 15) is 4.79 Å². The molecule has 1 saturated heterocycles. The molecule has 1 N–H and O–H groups in total. The maximum Gasteiger partial charge on any atom is 0.271 e. The summed E-state index contributed by atoms with van der Waals surface area (Å²) in [6.45, 7) is 11.1. The second-order valence-electron chi connectivity index (χ2n) is 9.07. The third kappa shape index (κ3) is 7.61. The van der Waals surface area contributed by atoms with Gasteiger partial charge in [-0.2, -0.15) is 5.10 Å². The van der Waals surface area contributed by atoms with Crippen LogP contribution in [0.5, 0.6) is 17.2 Å². The minimum atomic E-state index is -0.265. The molecule has 0 radical (unpaired) electrons. The molecule has 0 aromatic heterocycles. The molecule has 1 aliphatic rings. The summed E-state index contributed by atoms with van der Waals surface area (Å²) in [5.74, 6) is 1.90. The number of hydrogen-bond donors (Lipinski definition) is 1. The smallest absolute Gasteiger partial charge is 0.271 e. The summed E-state index contributed by atoms with van der Waals surface area (Å²) in [6, 6.07) is 21.3. The third-order valence-electron chi connectivity index (χ3n) is 6.42. The molecule has 3 aromatic carbocycles. The van der Waals surface area contributed by atoms with Crippen LogP contribution in [0.2, 0.25) is 0 Å². The van der Waals surface area contributed by atoms with E-state index in [0.29, 0.717) is 30.3 Å². The molecule has 0 saturated carbocycles. The van der Waals surface area contributed by atoms with Crippen LogP contribution < -0.4 is 24.5 Å². The van der Waals surface area contributed by atoms with Crippen LogP contribution in [0.25, 0.3) is 0 Å². The van der Waals surface area contributed by atoms with Gasteiger partial charge in [0.15, 0.2) is 11.5 Å². The molecule has 0 spiro atoms. The highest BCUT2D eigenvalue weighted by atomic mass is 16.5. The summed E-state index contributed by atoms with van der Waals surface area (Å²) in [7, 11) is 1.71. The van der Waals surface area contributed by atoms with Crippen LogP contribution in [0.4, 0.5) is 5.69 Å². The molecule has 0 bridgehead atoms. The average molecular weight is 529 g/mol. The Kier molecular flexibility index (Phi) is 9.97. The Morgan fingerprint density at radius 3 is 2.46 bits per heavy atom. The van der Waals surface area contributed by atoms with Gasteiger partial charge in [-0.3, -0.25) is 9.69 Å². The van der Waals surface area contributed by atoms with Gasteiger partial charge < -0.3 is 19.1 Å². The van der Waals surface area contributed by atoms with Crippen molar-refractivity contribution in [1.82, 2.24) is 10.3 Å². The molecule has 4 rings (SSSR count). The minimum absolute atomic E-state index is 0.265. The Balaban J connectivity index is 1.27. The average Bonchev–Trinajstić information content (AvgIpc) is 2.97. The number of nitrogens with zero attached hydrogens (tertiary/aromatic N) is 3. The third-order valence-corrected chi connectivity index (χ3v) is 6.42. The van der Waals surface area contributed by atoms with Gasteiger partial charge in [-0.1, -0.05) is 36.9 Å². The standard InChI is InChI=1S/C31H36N4O4/c1-4-20-39-29-15-12-25(21-30(29)38-5-2)22-32-33-31(36)26-13-10-24(11-14-26)23-34-16-18-35(19-17-34)27-8-6-7-9-28(27)37-3/h4,6-15,21-22H,1,5,16-20,23H2,2-3H3,(H,33,36)/b32-22-. The zero-order valence-electron chi connectivity index (χ0n) is 22.6. The number of hydrogen-bond acceptors (Lipinski definition) is 7. The van der Waals surface area contributed by atoms with Gasteiger partial charge in [0.25, 0.3) is 5.91 Å². The summed E-state index contributed by atoms with van der Waals surface area (Å²) >= 11 is 0. The lowest BCUT2D eigenvalue weighted by Gasteiger charge is -2.36. The molecule has 1 aliphatic heterocycles.